The van der Waals surface area contributed by atoms with E-state index >= 15 is 0 Å². The maximum atomic E-state index is 4.34. The molecule has 3 heterocycles. The Bertz CT molecular complexity index is 732. The molecule has 0 bridgehead atoms. The molecule has 3 rings (SSSR count). The van der Waals surface area contributed by atoms with Crippen LogP contribution in [-0.2, 0) is 5.54 Å². The quantitative estimate of drug-likeness (QED) is 0.825. The molecule has 2 aliphatic heterocycles. The van der Waals surface area contributed by atoms with Crippen molar-refractivity contribution in [1.29, 1.82) is 0 Å². The van der Waals surface area contributed by atoms with Gasteiger partial charge in [-0.1, -0.05) is 32.1 Å². The first-order valence-corrected chi connectivity index (χ1v) is 8.91. The van der Waals surface area contributed by atoms with E-state index < -0.39 is 0 Å². The molecule has 2 aliphatic rings. The summed E-state index contributed by atoms with van der Waals surface area (Å²) < 4.78 is 0. The van der Waals surface area contributed by atoms with Crippen LogP contribution in [0.25, 0.3) is 0 Å². The number of hydrogen-bond acceptors (Lipinski definition) is 4. The van der Waals surface area contributed by atoms with E-state index in [-0.39, 0.29) is 5.54 Å². The van der Waals surface area contributed by atoms with E-state index in [2.05, 4.69) is 85.3 Å². The van der Waals surface area contributed by atoms with E-state index in [0.29, 0.717) is 5.92 Å². The second-order valence-corrected chi connectivity index (χ2v) is 7.05. The van der Waals surface area contributed by atoms with Crippen molar-refractivity contribution in [2.75, 3.05) is 13.6 Å². The van der Waals surface area contributed by atoms with Crippen LogP contribution >= 0.6 is 0 Å². The molecular weight excluding hydrogens is 308 g/mol. The highest BCUT2D eigenvalue weighted by Crippen LogP contribution is 2.41. The van der Waals surface area contributed by atoms with Crippen LogP contribution in [0.2, 0.25) is 0 Å². The maximum absolute atomic E-state index is 4.34. The highest BCUT2D eigenvalue weighted by atomic mass is 15.5. The Kier molecular flexibility index (Phi) is 4.82. The molecular formula is C21H28N4. The SMILES string of the molecule is C=C(CC)C(C)C1=CN(C2=CCN(C)C=C2)NC1(C)c1cccnc1. The highest BCUT2D eigenvalue weighted by Gasteiger charge is 2.41. The van der Waals surface area contributed by atoms with Gasteiger partial charge >= 0.3 is 0 Å². The molecule has 0 saturated carbocycles. The van der Waals surface area contributed by atoms with Crippen LogP contribution in [0.15, 0.2) is 72.5 Å². The van der Waals surface area contributed by atoms with Gasteiger partial charge in [-0.25, -0.2) is 5.43 Å². The molecule has 1 aromatic rings. The van der Waals surface area contributed by atoms with Crippen molar-refractivity contribution in [1.82, 2.24) is 20.3 Å². The lowest BCUT2D eigenvalue weighted by Gasteiger charge is -2.34. The Hall–Kier alpha value is -2.33. The van der Waals surface area contributed by atoms with Gasteiger partial charge in [0.25, 0.3) is 0 Å². The summed E-state index contributed by atoms with van der Waals surface area (Å²) in [6.45, 7) is 11.8. The predicted octanol–water partition coefficient (Wildman–Crippen LogP) is 3.95. The molecule has 4 nitrogen and oxygen atoms in total. The molecule has 1 aromatic heterocycles. The molecule has 0 amide bonds. The van der Waals surface area contributed by atoms with Gasteiger partial charge in [0.1, 0.15) is 0 Å². The first-order valence-electron chi connectivity index (χ1n) is 8.91. The van der Waals surface area contributed by atoms with Crippen LogP contribution in [-0.4, -0.2) is 28.5 Å². The molecule has 1 N–H and O–H groups in total. The molecule has 0 spiro atoms. The molecule has 0 saturated heterocycles. The average molecular weight is 336 g/mol. The van der Waals surface area contributed by atoms with E-state index in [4.69, 9.17) is 0 Å². The fraction of sp³-hybridized carbons (Fsp3) is 0.381. The van der Waals surface area contributed by atoms with Gasteiger partial charge in [-0.2, -0.15) is 0 Å². The van der Waals surface area contributed by atoms with Crippen molar-refractivity contribution in [3.63, 3.8) is 0 Å². The number of rotatable bonds is 5. The average Bonchev–Trinajstić information content (AvgIpc) is 3.00. The summed E-state index contributed by atoms with van der Waals surface area (Å²) in [4.78, 5) is 6.50. The third-order valence-electron chi connectivity index (χ3n) is 5.33. The molecule has 2 atom stereocenters. The minimum atomic E-state index is -0.302. The molecule has 0 aliphatic carbocycles. The Morgan fingerprint density at radius 3 is 2.88 bits per heavy atom. The van der Waals surface area contributed by atoms with E-state index in [1.54, 1.807) is 0 Å². The van der Waals surface area contributed by atoms with Gasteiger partial charge in [0.2, 0.25) is 0 Å². The minimum absolute atomic E-state index is 0.295. The Morgan fingerprint density at radius 2 is 2.28 bits per heavy atom. The first-order chi connectivity index (χ1) is 12.0. The number of pyridine rings is 1. The van der Waals surface area contributed by atoms with Gasteiger partial charge in [0.05, 0.1) is 11.2 Å². The summed E-state index contributed by atoms with van der Waals surface area (Å²) in [6.07, 6.45) is 13.5. The molecule has 132 valence electrons. The topological polar surface area (TPSA) is 31.4 Å². The van der Waals surface area contributed by atoms with E-state index in [9.17, 15) is 0 Å². The van der Waals surface area contributed by atoms with E-state index in [0.717, 1.165) is 24.2 Å². The van der Waals surface area contributed by atoms with Crippen LogP contribution in [0.5, 0.6) is 0 Å². The zero-order valence-corrected chi connectivity index (χ0v) is 15.7. The third-order valence-corrected chi connectivity index (χ3v) is 5.33. The van der Waals surface area contributed by atoms with Crippen molar-refractivity contribution in [2.24, 2.45) is 5.92 Å². The van der Waals surface area contributed by atoms with Crippen LogP contribution in [0, 0.1) is 5.92 Å². The van der Waals surface area contributed by atoms with Crippen molar-refractivity contribution in [2.45, 2.75) is 32.7 Å². The summed E-state index contributed by atoms with van der Waals surface area (Å²) in [5.74, 6) is 0.295. The number of allylic oxidation sites excluding steroid dienone is 2. The predicted molar refractivity (Wildman–Crippen MR) is 103 cm³/mol. The standard InChI is InChI=1S/C21H28N4/c1-6-16(2)17(3)20-15-25(19-9-12-24(5)13-10-19)23-21(20,4)18-8-7-11-22-14-18/h7-12,14-15,17,23H,2,6,13H2,1,3-5H3. The Balaban J connectivity index is 1.99. The summed E-state index contributed by atoms with van der Waals surface area (Å²) in [6, 6.07) is 4.13. The van der Waals surface area contributed by atoms with Crippen LogP contribution in [0.1, 0.15) is 32.8 Å². The van der Waals surface area contributed by atoms with Gasteiger partial charge in [-0.15, -0.1) is 0 Å². The molecule has 25 heavy (non-hydrogen) atoms. The number of nitrogens with one attached hydrogen (secondary N) is 1. The third kappa shape index (κ3) is 3.27. The van der Waals surface area contributed by atoms with Gasteiger partial charge in [0.15, 0.2) is 0 Å². The van der Waals surface area contributed by atoms with Crippen molar-refractivity contribution in [3.8, 4) is 0 Å². The van der Waals surface area contributed by atoms with Gasteiger partial charge in [-0.05, 0) is 42.7 Å². The van der Waals surface area contributed by atoms with Crippen LogP contribution < -0.4 is 5.43 Å². The number of nitrogens with zero attached hydrogens (tertiary/aromatic N) is 3. The Labute approximate surface area is 151 Å². The monoisotopic (exact) mass is 336 g/mol. The lowest BCUT2D eigenvalue weighted by Crippen LogP contribution is -2.44. The molecule has 0 aromatic carbocycles. The summed E-state index contributed by atoms with van der Waals surface area (Å²) >= 11 is 0. The molecule has 0 radical (unpaired) electrons. The smallest absolute Gasteiger partial charge is 0.0844 e. The number of aromatic nitrogens is 1. The largest absolute Gasteiger partial charge is 0.377 e. The fourth-order valence-electron chi connectivity index (χ4n) is 3.45. The van der Waals surface area contributed by atoms with Gasteiger partial charge in [-0.3, -0.25) is 9.99 Å². The number of hydrazine groups is 1. The van der Waals surface area contributed by atoms with E-state index in [1.807, 2.05) is 18.5 Å². The normalized spacial score (nSPS) is 24.2. The maximum Gasteiger partial charge on any atom is 0.0844 e. The van der Waals surface area contributed by atoms with Gasteiger partial charge in [0, 0.05) is 44.3 Å². The number of likely N-dealkylation sites (N-methyl/N-ethyl adjacent to an activating group) is 1. The minimum Gasteiger partial charge on any atom is -0.377 e. The number of hydrogen-bond donors (Lipinski definition) is 1. The fourth-order valence-corrected chi connectivity index (χ4v) is 3.45. The highest BCUT2D eigenvalue weighted by molar-refractivity contribution is 5.41. The van der Waals surface area contributed by atoms with Crippen LogP contribution in [0.3, 0.4) is 0 Å². The summed E-state index contributed by atoms with van der Waals surface area (Å²) in [5, 5.41) is 2.14. The lowest BCUT2D eigenvalue weighted by molar-refractivity contribution is 0.269. The Morgan fingerprint density at radius 1 is 1.48 bits per heavy atom. The summed E-state index contributed by atoms with van der Waals surface area (Å²) in [7, 11) is 2.08. The lowest BCUT2D eigenvalue weighted by atomic mass is 9.78. The zero-order valence-electron chi connectivity index (χ0n) is 15.7. The first kappa shape index (κ1) is 17.5. The second-order valence-electron chi connectivity index (χ2n) is 7.05. The van der Waals surface area contributed by atoms with Crippen LogP contribution in [0.4, 0.5) is 0 Å². The second kappa shape index (κ2) is 6.89. The van der Waals surface area contributed by atoms with Crippen molar-refractivity contribution in [3.05, 3.63) is 78.1 Å². The van der Waals surface area contributed by atoms with Gasteiger partial charge < -0.3 is 4.90 Å². The molecule has 2 unspecified atom stereocenters. The molecule has 4 heteroatoms. The van der Waals surface area contributed by atoms with Crippen molar-refractivity contribution < 1.29 is 0 Å². The summed E-state index contributed by atoms with van der Waals surface area (Å²) in [5.41, 5.74) is 8.29. The molecule has 0 fully saturated rings. The van der Waals surface area contributed by atoms with E-state index in [1.165, 1.54) is 11.1 Å². The van der Waals surface area contributed by atoms with Crippen molar-refractivity contribution >= 4 is 0 Å². The zero-order chi connectivity index (χ0) is 18.0.